The van der Waals surface area contributed by atoms with Gasteiger partial charge in [0.1, 0.15) is 5.75 Å². The van der Waals surface area contributed by atoms with E-state index in [2.05, 4.69) is 47.1 Å². The summed E-state index contributed by atoms with van der Waals surface area (Å²) in [5, 5.41) is 0. The van der Waals surface area contributed by atoms with Crippen LogP contribution in [0.2, 0.25) is 0 Å². The molecule has 0 aliphatic rings. The lowest BCUT2D eigenvalue weighted by molar-refractivity contribution is 0.304. The summed E-state index contributed by atoms with van der Waals surface area (Å²) in [6, 6.07) is 8.28. The van der Waals surface area contributed by atoms with Crippen molar-refractivity contribution < 1.29 is 4.74 Å². The zero-order valence-electron chi connectivity index (χ0n) is 21.1. The summed E-state index contributed by atoms with van der Waals surface area (Å²) in [6.45, 7) is 3.14. The molecule has 1 rings (SSSR count). The lowest BCUT2D eigenvalue weighted by Crippen LogP contribution is -1.97. The molecule has 0 saturated heterocycles. The average Bonchev–Trinajstić information content (AvgIpc) is 2.81. The van der Waals surface area contributed by atoms with Crippen molar-refractivity contribution in [2.75, 3.05) is 6.61 Å². The van der Waals surface area contributed by atoms with Crippen LogP contribution in [0, 0.1) is 0 Å². The summed E-state index contributed by atoms with van der Waals surface area (Å²) in [7, 11) is 0. The van der Waals surface area contributed by atoms with E-state index in [1.807, 2.05) is 11.1 Å². The third-order valence-corrected chi connectivity index (χ3v) is 6.67. The Labute approximate surface area is 208 Å². The first-order valence-electron chi connectivity index (χ1n) is 13.9. The second-order valence-electron chi connectivity index (χ2n) is 9.43. The molecule has 0 amide bonds. The molecule has 0 aromatic heterocycles. The molecule has 1 aromatic rings. The standard InChI is InChI=1S/C30H51BrO/c1-2-3-4-5-6-7-8-9-10-11-12-13-14-15-16-17-18-19-20-21-28-32-30-24-22-29(23-25-30)26-27-31/h22-27H,2-21,28H2,1H3/b27-26+. The smallest absolute Gasteiger partial charge is 0.119 e. The van der Waals surface area contributed by atoms with Crippen LogP contribution in [0.1, 0.15) is 141 Å². The van der Waals surface area contributed by atoms with Gasteiger partial charge in [0.25, 0.3) is 0 Å². The van der Waals surface area contributed by atoms with Crippen molar-refractivity contribution in [2.24, 2.45) is 0 Å². The number of hydrogen-bond acceptors (Lipinski definition) is 1. The first kappa shape index (κ1) is 29.3. The number of rotatable bonds is 23. The van der Waals surface area contributed by atoms with Crippen molar-refractivity contribution in [3.8, 4) is 5.75 Å². The summed E-state index contributed by atoms with van der Waals surface area (Å²) >= 11 is 3.31. The summed E-state index contributed by atoms with van der Waals surface area (Å²) in [6.07, 6.45) is 30.5. The molecule has 184 valence electrons. The largest absolute Gasteiger partial charge is 0.494 e. The van der Waals surface area contributed by atoms with Gasteiger partial charge in [0.05, 0.1) is 6.61 Å². The van der Waals surface area contributed by atoms with Crippen molar-refractivity contribution in [1.82, 2.24) is 0 Å². The molecule has 0 N–H and O–H groups in total. The predicted molar refractivity (Wildman–Crippen MR) is 148 cm³/mol. The zero-order valence-corrected chi connectivity index (χ0v) is 22.7. The van der Waals surface area contributed by atoms with Gasteiger partial charge in [0.15, 0.2) is 0 Å². The van der Waals surface area contributed by atoms with Gasteiger partial charge in [-0.3, -0.25) is 0 Å². The molecule has 0 fully saturated rings. The SMILES string of the molecule is CCCCCCCCCCCCCCCCCCCCCCOc1ccc(/C=C/Br)cc1. The third-order valence-electron chi connectivity index (χ3n) is 6.40. The summed E-state index contributed by atoms with van der Waals surface area (Å²) in [5.41, 5.74) is 1.19. The van der Waals surface area contributed by atoms with Gasteiger partial charge in [-0.1, -0.05) is 157 Å². The number of halogens is 1. The van der Waals surface area contributed by atoms with E-state index >= 15 is 0 Å². The Morgan fingerprint density at radius 2 is 0.938 bits per heavy atom. The molecule has 0 saturated carbocycles. The van der Waals surface area contributed by atoms with Crippen LogP contribution in [0.25, 0.3) is 6.08 Å². The van der Waals surface area contributed by atoms with Crippen LogP contribution in [0.4, 0.5) is 0 Å². The highest BCUT2D eigenvalue weighted by Gasteiger charge is 1.97. The topological polar surface area (TPSA) is 9.23 Å². The quantitative estimate of drug-likeness (QED) is 0.134. The van der Waals surface area contributed by atoms with Crippen molar-refractivity contribution in [1.29, 1.82) is 0 Å². The maximum absolute atomic E-state index is 5.84. The van der Waals surface area contributed by atoms with Gasteiger partial charge in [-0.2, -0.15) is 0 Å². The van der Waals surface area contributed by atoms with Crippen LogP contribution in [-0.4, -0.2) is 6.61 Å². The Morgan fingerprint density at radius 1 is 0.562 bits per heavy atom. The van der Waals surface area contributed by atoms with Crippen molar-refractivity contribution in [3.63, 3.8) is 0 Å². The van der Waals surface area contributed by atoms with Crippen molar-refractivity contribution in [3.05, 3.63) is 34.8 Å². The Balaban J connectivity index is 1.73. The van der Waals surface area contributed by atoms with Crippen LogP contribution in [0.3, 0.4) is 0 Å². The first-order valence-corrected chi connectivity index (χ1v) is 14.8. The number of benzene rings is 1. The Kier molecular flexibility index (Phi) is 21.4. The Hall–Kier alpha value is -0.760. The minimum Gasteiger partial charge on any atom is -0.494 e. The minimum absolute atomic E-state index is 0.840. The Morgan fingerprint density at radius 3 is 1.31 bits per heavy atom. The summed E-state index contributed by atoms with van der Waals surface area (Å²) in [5.74, 6) is 0.981. The molecule has 0 heterocycles. The molecule has 32 heavy (non-hydrogen) atoms. The number of unbranched alkanes of at least 4 members (excludes halogenated alkanes) is 19. The van der Waals surface area contributed by atoms with Crippen LogP contribution in [0.5, 0.6) is 5.75 Å². The molecule has 1 nitrogen and oxygen atoms in total. The van der Waals surface area contributed by atoms with Gasteiger partial charge < -0.3 is 4.74 Å². The van der Waals surface area contributed by atoms with Gasteiger partial charge in [0, 0.05) is 0 Å². The molecule has 0 bridgehead atoms. The fourth-order valence-electron chi connectivity index (χ4n) is 4.30. The highest BCUT2D eigenvalue weighted by molar-refractivity contribution is 9.11. The van der Waals surface area contributed by atoms with E-state index in [9.17, 15) is 0 Å². The highest BCUT2D eigenvalue weighted by atomic mass is 79.9. The molecular weight excluding hydrogens is 456 g/mol. The maximum atomic E-state index is 5.84. The molecule has 0 aliphatic heterocycles. The van der Waals surface area contributed by atoms with Gasteiger partial charge in [-0.15, -0.1) is 0 Å². The molecule has 0 atom stereocenters. The first-order chi connectivity index (χ1) is 15.9. The maximum Gasteiger partial charge on any atom is 0.119 e. The van der Waals surface area contributed by atoms with Crippen molar-refractivity contribution in [2.45, 2.75) is 135 Å². The van der Waals surface area contributed by atoms with E-state index < -0.39 is 0 Å². The van der Waals surface area contributed by atoms with Crippen LogP contribution in [0.15, 0.2) is 29.3 Å². The molecule has 0 radical (unpaired) electrons. The molecule has 0 unspecified atom stereocenters. The average molecular weight is 508 g/mol. The van der Waals surface area contributed by atoms with E-state index in [0.29, 0.717) is 0 Å². The van der Waals surface area contributed by atoms with Crippen LogP contribution < -0.4 is 4.74 Å². The van der Waals surface area contributed by atoms with Crippen LogP contribution in [-0.2, 0) is 0 Å². The predicted octanol–water partition coefficient (Wildman–Crippen LogP) is 11.3. The minimum atomic E-state index is 0.840. The molecule has 0 aliphatic carbocycles. The second kappa shape index (κ2) is 23.4. The van der Waals surface area contributed by atoms with Gasteiger partial charge in [-0.25, -0.2) is 0 Å². The second-order valence-corrected chi connectivity index (χ2v) is 9.96. The molecule has 2 heteroatoms. The van der Waals surface area contributed by atoms with E-state index in [1.54, 1.807) is 0 Å². The van der Waals surface area contributed by atoms with Crippen LogP contribution >= 0.6 is 15.9 Å². The van der Waals surface area contributed by atoms with Crippen molar-refractivity contribution >= 4 is 22.0 Å². The van der Waals surface area contributed by atoms with Gasteiger partial charge >= 0.3 is 0 Å². The molecule has 0 spiro atoms. The normalized spacial score (nSPS) is 11.4. The lowest BCUT2D eigenvalue weighted by Gasteiger charge is -2.06. The fourth-order valence-corrected chi connectivity index (χ4v) is 4.60. The summed E-state index contributed by atoms with van der Waals surface area (Å²) in [4.78, 5) is 1.88. The van der Waals surface area contributed by atoms with E-state index in [-0.39, 0.29) is 0 Å². The Bertz CT molecular complexity index is 522. The number of hydrogen-bond donors (Lipinski definition) is 0. The fraction of sp³-hybridized carbons (Fsp3) is 0.733. The van der Waals surface area contributed by atoms with Gasteiger partial charge in [0.2, 0.25) is 0 Å². The zero-order chi connectivity index (χ0) is 23.0. The highest BCUT2D eigenvalue weighted by Crippen LogP contribution is 2.16. The van der Waals surface area contributed by atoms with E-state index in [4.69, 9.17) is 4.74 Å². The molecular formula is C30H51BrO. The third kappa shape index (κ3) is 18.8. The monoisotopic (exact) mass is 506 g/mol. The van der Waals surface area contributed by atoms with E-state index in [1.165, 1.54) is 134 Å². The molecule has 1 aromatic carbocycles. The van der Waals surface area contributed by atoms with E-state index in [0.717, 1.165) is 12.4 Å². The number of ether oxygens (including phenoxy) is 1. The summed E-state index contributed by atoms with van der Waals surface area (Å²) < 4.78 is 5.84. The van der Waals surface area contributed by atoms with Gasteiger partial charge in [-0.05, 0) is 35.2 Å². The lowest BCUT2D eigenvalue weighted by atomic mass is 10.0.